The summed E-state index contributed by atoms with van der Waals surface area (Å²) in [6.45, 7) is 5.21. The first-order valence-corrected chi connectivity index (χ1v) is 8.37. The number of nitrogens with zero attached hydrogens (tertiary/aromatic N) is 1. The average Bonchev–Trinajstić information content (AvgIpc) is 2.36. The van der Waals surface area contributed by atoms with Crippen LogP contribution in [0.2, 0.25) is 0 Å². The monoisotopic (exact) mass is 335 g/mol. The number of halogens is 1. The molecular weight excluding hydrogens is 318 g/mol. The summed E-state index contributed by atoms with van der Waals surface area (Å²) in [5.41, 5.74) is -0.117. The van der Waals surface area contributed by atoms with E-state index in [0.29, 0.717) is 5.57 Å². The van der Waals surface area contributed by atoms with E-state index in [1.807, 2.05) is 0 Å². The minimum Gasteiger partial charge on any atom is -0.614 e. The lowest BCUT2D eigenvalue weighted by molar-refractivity contribution is -0.167. The summed E-state index contributed by atoms with van der Waals surface area (Å²) in [4.78, 5) is 25.7. The Labute approximate surface area is 131 Å². The Bertz CT molecular complexity index is 501. The highest BCUT2D eigenvalue weighted by atomic mass is 35.5. The van der Waals surface area contributed by atoms with Gasteiger partial charge in [-0.05, 0) is 31.9 Å². The van der Waals surface area contributed by atoms with Gasteiger partial charge in [0, 0.05) is 12.7 Å². The van der Waals surface area contributed by atoms with Crippen LogP contribution in [0, 0.1) is 0 Å². The molecule has 1 fully saturated rings. The van der Waals surface area contributed by atoms with Crippen LogP contribution in [-0.4, -0.2) is 57.2 Å². The lowest BCUT2D eigenvalue weighted by Crippen LogP contribution is -2.70. The van der Waals surface area contributed by atoms with Gasteiger partial charge in [-0.3, -0.25) is 9.69 Å². The number of β-lactam (4-membered cyclic amide) rings is 1. The highest BCUT2D eigenvalue weighted by Crippen LogP contribution is 2.38. The van der Waals surface area contributed by atoms with Crippen LogP contribution in [0.25, 0.3) is 0 Å². The Morgan fingerprint density at radius 3 is 2.62 bits per heavy atom. The number of fused-ring (bicyclic) bond motifs is 1. The molecule has 0 aromatic heterocycles. The molecule has 21 heavy (non-hydrogen) atoms. The van der Waals surface area contributed by atoms with Crippen molar-refractivity contribution in [3.63, 3.8) is 0 Å². The Morgan fingerprint density at radius 1 is 1.52 bits per heavy atom. The third-order valence-corrected chi connectivity index (χ3v) is 5.12. The average molecular weight is 336 g/mol. The second kappa shape index (κ2) is 5.79. The molecule has 0 aromatic rings. The first-order valence-electron chi connectivity index (χ1n) is 6.45. The Morgan fingerprint density at radius 2 is 2.14 bits per heavy atom. The summed E-state index contributed by atoms with van der Waals surface area (Å²) < 4.78 is 22.6. The van der Waals surface area contributed by atoms with Crippen molar-refractivity contribution in [2.75, 3.05) is 18.7 Å². The van der Waals surface area contributed by atoms with E-state index in [0.717, 1.165) is 0 Å². The quantitative estimate of drug-likeness (QED) is 0.329. The van der Waals surface area contributed by atoms with Crippen molar-refractivity contribution in [3.05, 3.63) is 11.3 Å². The normalized spacial score (nSPS) is 29.1. The number of amides is 1. The van der Waals surface area contributed by atoms with Crippen molar-refractivity contribution >= 4 is 34.7 Å². The van der Waals surface area contributed by atoms with Crippen LogP contribution in [0.4, 0.5) is 0 Å². The van der Waals surface area contributed by atoms with E-state index in [-0.39, 0.29) is 23.2 Å². The van der Waals surface area contributed by atoms with Crippen LogP contribution in [0.5, 0.6) is 0 Å². The van der Waals surface area contributed by atoms with Crippen LogP contribution in [0.15, 0.2) is 11.3 Å². The summed E-state index contributed by atoms with van der Waals surface area (Å²) in [7, 11) is 1.38. The topological polar surface area (TPSA) is 78.9 Å². The van der Waals surface area contributed by atoms with E-state index in [1.54, 1.807) is 20.8 Å². The van der Waals surface area contributed by atoms with Gasteiger partial charge >= 0.3 is 5.97 Å². The molecule has 0 bridgehead atoms. The molecule has 2 rings (SSSR count). The largest absolute Gasteiger partial charge is 0.614 e. The third kappa shape index (κ3) is 2.92. The van der Waals surface area contributed by atoms with Crippen LogP contribution in [0.3, 0.4) is 0 Å². The Kier molecular flexibility index (Phi) is 4.58. The zero-order valence-corrected chi connectivity index (χ0v) is 13.9. The fraction of sp³-hybridized carbons (Fsp3) is 0.692. The number of carbonyl (C=O) groups is 2. The summed E-state index contributed by atoms with van der Waals surface area (Å²) in [5.74, 6) is -0.845. The van der Waals surface area contributed by atoms with E-state index in [4.69, 9.17) is 21.1 Å². The highest BCUT2D eigenvalue weighted by Gasteiger charge is 2.61. The van der Waals surface area contributed by atoms with Crippen molar-refractivity contribution in [1.82, 2.24) is 4.90 Å². The molecular formula is C13H18ClNO5S. The van der Waals surface area contributed by atoms with Crippen LogP contribution in [-0.2, 0) is 30.2 Å². The van der Waals surface area contributed by atoms with Crippen molar-refractivity contribution in [1.29, 1.82) is 0 Å². The van der Waals surface area contributed by atoms with Gasteiger partial charge in [0.25, 0.3) is 5.91 Å². The standard InChI is InChI=1S/C13H18ClNO5S/c1-13(2,3)20-12(17)8-7(5-14)6-21(18)11-9(19-4)10(16)15(8)11/h9,11H,5-6H2,1-4H3/t9-,11?,21?/m1/s1. The number of alkyl halides is 1. The van der Waals surface area contributed by atoms with Gasteiger partial charge in [-0.1, -0.05) is 0 Å². The minimum atomic E-state index is -1.34. The molecule has 3 atom stereocenters. The van der Waals surface area contributed by atoms with Gasteiger partial charge in [0.2, 0.25) is 11.5 Å². The van der Waals surface area contributed by atoms with E-state index in [9.17, 15) is 14.1 Å². The maximum Gasteiger partial charge on any atom is 0.355 e. The van der Waals surface area contributed by atoms with Crippen molar-refractivity contribution < 1.29 is 23.6 Å². The summed E-state index contributed by atoms with van der Waals surface area (Å²) in [6.07, 6.45) is -0.778. The number of ether oxygens (including phenoxy) is 2. The van der Waals surface area contributed by atoms with Gasteiger partial charge in [0.1, 0.15) is 17.1 Å². The van der Waals surface area contributed by atoms with Crippen LogP contribution >= 0.6 is 11.6 Å². The summed E-state index contributed by atoms with van der Waals surface area (Å²) in [6, 6.07) is 0. The molecule has 118 valence electrons. The number of methoxy groups -OCH3 is 1. The molecule has 0 N–H and O–H groups in total. The molecule has 8 heteroatoms. The van der Waals surface area contributed by atoms with Crippen molar-refractivity contribution in [2.45, 2.75) is 37.9 Å². The second-order valence-electron chi connectivity index (χ2n) is 5.87. The predicted molar refractivity (Wildman–Crippen MR) is 78.0 cm³/mol. The van der Waals surface area contributed by atoms with Gasteiger partial charge < -0.3 is 14.0 Å². The van der Waals surface area contributed by atoms with Gasteiger partial charge in [-0.15, -0.1) is 11.6 Å². The third-order valence-electron chi connectivity index (χ3n) is 3.16. The van der Waals surface area contributed by atoms with E-state index >= 15 is 0 Å². The summed E-state index contributed by atoms with van der Waals surface area (Å²) >= 11 is 4.50. The Balaban J connectivity index is 2.36. The molecule has 0 saturated carbocycles. The maximum atomic E-state index is 12.3. The van der Waals surface area contributed by atoms with Crippen LogP contribution < -0.4 is 0 Å². The zero-order chi connectivity index (χ0) is 15.9. The number of carbonyl (C=O) groups excluding carboxylic acids is 2. The SMILES string of the molecule is CO[C@@H]1C(=O)N2C(C(=O)OC(C)(C)C)=C(CCl)C[S+]([O-])C12. The second-order valence-corrected chi connectivity index (χ2v) is 7.67. The van der Waals surface area contributed by atoms with Gasteiger partial charge in [0.15, 0.2) is 0 Å². The number of rotatable bonds is 3. The molecule has 0 aromatic carbocycles. The van der Waals surface area contributed by atoms with Crippen molar-refractivity contribution in [3.8, 4) is 0 Å². The first-order chi connectivity index (χ1) is 9.71. The van der Waals surface area contributed by atoms with E-state index in [2.05, 4.69) is 0 Å². The van der Waals surface area contributed by atoms with Crippen molar-refractivity contribution in [2.24, 2.45) is 0 Å². The maximum absolute atomic E-state index is 12.3. The molecule has 2 unspecified atom stereocenters. The number of hydrogen-bond donors (Lipinski definition) is 0. The number of hydrogen-bond acceptors (Lipinski definition) is 5. The van der Waals surface area contributed by atoms with Gasteiger partial charge in [-0.2, -0.15) is 0 Å². The molecule has 2 aliphatic heterocycles. The number of esters is 1. The first kappa shape index (κ1) is 16.6. The molecule has 1 saturated heterocycles. The molecule has 1 amide bonds. The lowest BCUT2D eigenvalue weighted by atomic mass is 10.1. The smallest absolute Gasteiger partial charge is 0.355 e. The fourth-order valence-electron chi connectivity index (χ4n) is 2.31. The van der Waals surface area contributed by atoms with E-state index in [1.165, 1.54) is 12.0 Å². The molecule has 2 aliphatic rings. The van der Waals surface area contributed by atoms with E-state index < -0.39 is 34.2 Å². The molecule has 6 nitrogen and oxygen atoms in total. The molecule has 0 radical (unpaired) electrons. The summed E-state index contributed by atoms with van der Waals surface area (Å²) in [5, 5.41) is -0.642. The Hall–Kier alpha value is -0.760. The highest BCUT2D eigenvalue weighted by molar-refractivity contribution is 7.92. The lowest BCUT2D eigenvalue weighted by Gasteiger charge is -2.48. The molecule has 0 aliphatic carbocycles. The minimum absolute atomic E-state index is 0.0223. The molecule has 2 heterocycles. The zero-order valence-electron chi connectivity index (χ0n) is 12.3. The fourth-order valence-corrected chi connectivity index (χ4v) is 4.35. The van der Waals surface area contributed by atoms with Crippen LogP contribution in [0.1, 0.15) is 20.8 Å². The molecule has 0 spiro atoms. The predicted octanol–water partition coefficient (Wildman–Crippen LogP) is 0.767. The van der Waals surface area contributed by atoms with Gasteiger partial charge in [-0.25, -0.2) is 4.79 Å². The van der Waals surface area contributed by atoms with Gasteiger partial charge in [0.05, 0.1) is 5.88 Å².